The highest BCUT2D eigenvalue weighted by atomic mass is 19.3. The standard InChI is InChI=1S/C12H16F2O/c1-9-4-5-11(10(2)6-9)7-15-8-12(3,13)14/h4-6H,7-8H2,1-3H3. The van der Waals surface area contributed by atoms with Gasteiger partial charge in [0, 0.05) is 6.92 Å². The van der Waals surface area contributed by atoms with E-state index in [0.717, 1.165) is 23.6 Å². The maximum absolute atomic E-state index is 12.5. The Morgan fingerprint density at radius 2 is 1.93 bits per heavy atom. The SMILES string of the molecule is Cc1ccc(COCC(C)(F)F)c(C)c1. The summed E-state index contributed by atoms with van der Waals surface area (Å²) in [4.78, 5) is 0. The van der Waals surface area contributed by atoms with E-state index in [4.69, 9.17) is 4.74 Å². The highest BCUT2D eigenvalue weighted by Crippen LogP contribution is 2.15. The molecule has 0 unspecified atom stereocenters. The summed E-state index contributed by atoms with van der Waals surface area (Å²) in [6.07, 6.45) is 0. The molecule has 1 nitrogen and oxygen atoms in total. The van der Waals surface area contributed by atoms with E-state index in [-0.39, 0.29) is 6.61 Å². The highest BCUT2D eigenvalue weighted by molar-refractivity contribution is 5.29. The maximum atomic E-state index is 12.5. The van der Waals surface area contributed by atoms with Gasteiger partial charge in [0.2, 0.25) is 0 Å². The number of benzene rings is 1. The fourth-order valence-electron chi connectivity index (χ4n) is 1.35. The number of halogens is 2. The lowest BCUT2D eigenvalue weighted by Gasteiger charge is -2.12. The fourth-order valence-corrected chi connectivity index (χ4v) is 1.35. The first-order chi connectivity index (χ1) is 6.88. The Balaban J connectivity index is 2.51. The van der Waals surface area contributed by atoms with Crippen LogP contribution >= 0.6 is 0 Å². The first kappa shape index (κ1) is 12.1. The van der Waals surface area contributed by atoms with Crippen molar-refractivity contribution in [3.8, 4) is 0 Å². The van der Waals surface area contributed by atoms with E-state index < -0.39 is 12.5 Å². The number of aryl methyl sites for hydroxylation is 2. The number of hydrogen-bond donors (Lipinski definition) is 0. The van der Waals surface area contributed by atoms with Crippen molar-refractivity contribution < 1.29 is 13.5 Å². The highest BCUT2D eigenvalue weighted by Gasteiger charge is 2.20. The van der Waals surface area contributed by atoms with Crippen LogP contribution in [0.2, 0.25) is 0 Å². The minimum atomic E-state index is -2.75. The smallest absolute Gasteiger partial charge is 0.268 e. The van der Waals surface area contributed by atoms with Crippen molar-refractivity contribution in [3.63, 3.8) is 0 Å². The molecule has 0 atom stereocenters. The topological polar surface area (TPSA) is 9.23 Å². The van der Waals surface area contributed by atoms with Crippen molar-refractivity contribution >= 4 is 0 Å². The summed E-state index contributed by atoms with van der Waals surface area (Å²) >= 11 is 0. The summed E-state index contributed by atoms with van der Waals surface area (Å²) in [7, 11) is 0. The zero-order valence-corrected chi connectivity index (χ0v) is 9.31. The fraction of sp³-hybridized carbons (Fsp3) is 0.500. The Kier molecular flexibility index (Phi) is 3.80. The Labute approximate surface area is 89.1 Å². The predicted octanol–water partition coefficient (Wildman–Crippen LogP) is 3.48. The molecule has 0 aliphatic heterocycles. The van der Waals surface area contributed by atoms with Crippen LogP contribution in [0.1, 0.15) is 23.6 Å². The van der Waals surface area contributed by atoms with E-state index in [1.165, 1.54) is 0 Å². The van der Waals surface area contributed by atoms with Gasteiger partial charge in [-0.25, -0.2) is 8.78 Å². The summed E-state index contributed by atoms with van der Waals surface area (Å²) in [5.74, 6) is -2.75. The molecule has 1 rings (SSSR count). The monoisotopic (exact) mass is 214 g/mol. The molecule has 0 radical (unpaired) electrons. The molecule has 0 spiro atoms. The first-order valence-corrected chi connectivity index (χ1v) is 4.90. The van der Waals surface area contributed by atoms with Crippen molar-refractivity contribution in [2.45, 2.75) is 33.3 Å². The number of rotatable bonds is 4. The molecule has 0 N–H and O–H groups in total. The molecular weight excluding hydrogens is 198 g/mol. The van der Waals surface area contributed by atoms with Crippen molar-refractivity contribution in [1.82, 2.24) is 0 Å². The third kappa shape index (κ3) is 4.38. The van der Waals surface area contributed by atoms with Crippen molar-refractivity contribution in [3.05, 3.63) is 34.9 Å². The molecule has 0 aliphatic carbocycles. The van der Waals surface area contributed by atoms with Gasteiger partial charge in [-0.1, -0.05) is 23.8 Å². The molecule has 0 saturated heterocycles. The van der Waals surface area contributed by atoms with Crippen LogP contribution in [0.3, 0.4) is 0 Å². The van der Waals surface area contributed by atoms with Crippen LogP contribution in [0, 0.1) is 13.8 Å². The molecule has 0 fully saturated rings. The van der Waals surface area contributed by atoms with E-state index in [0.29, 0.717) is 0 Å². The Hall–Kier alpha value is -0.960. The van der Waals surface area contributed by atoms with Gasteiger partial charge in [0.25, 0.3) is 5.92 Å². The molecule has 84 valence electrons. The van der Waals surface area contributed by atoms with Gasteiger partial charge in [-0.15, -0.1) is 0 Å². The Morgan fingerprint density at radius 3 is 2.47 bits per heavy atom. The van der Waals surface area contributed by atoms with Crippen LogP contribution in [0.25, 0.3) is 0 Å². The summed E-state index contributed by atoms with van der Waals surface area (Å²) in [5.41, 5.74) is 3.20. The molecular formula is C12H16F2O. The average Bonchev–Trinajstić information content (AvgIpc) is 2.07. The second kappa shape index (κ2) is 4.71. The molecule has 0 bridgehead atoms. The Bertz CT molecular complexity index is 329. The molecule has 3 heteroatoms. The van der Waals surface area contributed by atoms with Crippen LogP contribution in [0.5, 0.6) is 0 Å². The lowest BCUT2D eigenvalue weighted by molar-refractivity contribution is -0.0674. The lowest BCUT2D eigenvalue weighted by atomic mass is 10.1. The van der Waals surface area contributed by atoms with Crippen molar-refractivity contribution in [2.24, 2.45) is 0 Å². The largest absolute Gasteiger partial charge is 0.371 e. The second-order valence-electron chi connectivity index (χ2n) is 3.99. The molecule has 0 amide bonds. The van der Waals surface area contributed by atoms with Gasteiger partial charge in [0.1, 0.15) is 6.61 Å². The number of hydrogen-bond acceptors (Lipinski definition) is 1. The minimum absolute atomic E-state index is 0.246. The van der Waals surface area contributed by atoms with E-state index in [2.05, 4.69) is 0 Å². The van der Waals surface area contributed by atoms with Gasteiger partial charge < -0.3 is 4.74 Å². The average molecular weight is 214 g/mol. The summed E-state index contributed by atoms with van der Waals surface area (Å²) in [6.45, 7) is 4.53. The third-order valence-electron chi connectivity index (χ3n) is 2.11. The molecule has 15 heavy (non-hydrogen) atoms. The van der Waals surface area contributed by atoms with Crippen LogP contribution < -0.4 is 0 Å². The molecule has 0 aliphatic rings. The normalized spacial score (nSPS) is 11.8. The van der Waals surface area contributed by atoms with Crippen LogP contribution in [0.4, 0.5) is 8.78 Å². The van der Waals surface area contributed by atoms with E-state index >= 15 is 0 Å². The third-order valence-corrected chi connectivity index (χ3v) is 2.11. The van der Waals surface area contributed by atoms with Gasteiger partial charge in [-0.2, -0.15) is 0 Å². The lowest BCUT2D eigenvalue weighted by Crippen LogP contribution is -2.18. The van der Waals surface area contributed by atoms with Gasteiger partial charge in [-0.3, -0.25) is 0 Å². The Morgan fingerprint density at radius 1 is 1.27 bits per heavy atom. The van der Waals surface area contributed by atoms with Gasteiger partial charge in [-0.05, 0) is 25.0 Å². The zero-order chi connectivity index (χ0) is 11.5. The van der Waals surface area contributed by atoms with Crippen LogP contribution in [0.15, 0.2) is 18.2 Å². The van der Waals surface area contributed by atoms with Crippen LogP contribution in [-0.2, 0) is 11.3 Å². The van der Waals surface area contributed by atoms with E-state index in [9.17, 15) is 8.78 Å². The molecule has 0 aromatic heterocycles. The summed E-state index contributed by atoms with van der Waals surface area (Å²) < 4.78 is 29.9. The number of ether oxygens (including phenoxy) is 1. The van der Waals surface area contributed by atoms with Gasteiger partial charge >= 0.3 is 0 Å². The predicted molar refractivity (Wildman–Crippen MR) is 56.2 cm³/mol. The van der Waals surface area contributed by atoms with Gasteiger partial charge in [0.05, 0.1) is 6.61 Å². The molecule has 1 aromatic rings. The molecule has 0 saturated carbocycles. The molecule has 1 aromatic carbocycles. The van der Waals surface area contributed by atoms with Crippen molar-refractivity contribution in [2.75, 3.05) is 6.61 Å². The quantitative estimate of drug-likeness (QED) is 0.745. The summed E-state index contributed by atoms with van der Waals surface area (Å²) in [6, 6.07) is 5.89. The first-order valence-electron chi connectivity index (χ1n) is 4.90. The number of alkyl halides is 2. The van der Waals surface area contributed by atoms with Gasteiger partial charge in [0.15, 0.2) is 0 Å². The van der Waals surface area contributed by atoms with Crippen molar-refractivity contribution in [1.29, 1.82) is 0 Å². The van der Waals surface area contributed by atoms with E-state index in [1.54, 1.807) is 0 Å². The maximum Gasteiger partial charge on any atom is 0.268 e. The van der Waals surface area contributed by atoms with Crippen LogP contribution in [-0.4, -0.2) is 12.5 Å². The minimum Gasteiger partial charge on any atom is -0.371 e. The van der Waals surface area contributed by atoms with E-state index in [1.807, 2.05) is 32.0 Å². The zero-order valence-electron chi connectivity index (χ0n) is 9.31. The second-order valence-corrected chi connectivity index (χ2v) is 3.99. The summed E-state index contributed by atoms with van der Waals surface area (Å²) in [5, 5.41) is 0. The molecule has 0 heterocycles.